The topological polar surface area (TPSA) is 86.6 Å². The van der Waals surface area contributed by atoms with E-state index >= 15 is 0 Å². The van der Waals surface area contributed by atoms with Crippen molar-refractivity contribution in [2.75, 3.05) is 6.54 Å². The molecule has 2 atom stereocenters. The van der Waals surface area contributed by atoms with Gasteiger partial charge in [0.2, 0.25) is 5.91 Å². The van der Waals surface area contributed by atoms with E-state index in [1.807, 2.05) is 0 Å². The second-order valence-corrected chi connectivity index (χ2v) is 5.21. The van der Waals surface area contributed by atoms with Gasteiger partial charge in [-0.15, -0.1) is 0 Å². The molecule has 1 amide bonds. The van der Waals surface area contributed by atoms with Crippen molar-refractivity contribution in [3.63, 3.8) is 0 Å². The summed E-state index contributed by atoms with van der Waals surface area (Å²) in [5.74, 6) is -1.33. The first-order valence-corrected chi connectivity index (χ1v) is 6.26. The van der Waals surface area contributed by atoms with Gasteiger partial charge >= 0.3 is 5.97 Å². The number of aliphatic hydroxyl groups excluding tert-OH is 1. The minimum absolute atomic E-state index is 0.0808. The van der Waals surface area contributed by atoms with Crippen molar-refractivity contribution in [1.82, 2.24) is 5.32 Å². The maximum absolute atomic E-state index is 11.7. The Hall–Kier alpha value is -1.10. The Morgan fingerprint density at radius 2 is 1.88 bits per heavy atom. The van der Waals surface area contributed by atoms with E-state index in [0.717, 1.165) is 25.7 Å². The summed E-state index contributed by atoms with van der Waals surface area (Å²) in [6.07, 6.45) is 4.30. The van der Waals surface area contributed by atoms with Crippen molar-refractivity contribution in [2.45, 2.75) is 44.6 Å². The van der Waals surface area contributed by atoms with Crippen LogP contribution in [0.25, 0.3) is 0 Å². The monoisotopic (exact) mass is 241 g/mol. The summed E-state index contributed by atoms with van der Waals surface area (Å²) in [5, 5.41) is 21.4. The van der Waals surface area contributed by atoms with E-state index in [2.05, 4.69) is 5.32 Å². The van der Waals surface area contributed by atoms with Gasteiger partial charge in [0, 0.05) is 12.5 Å². The highest BCUT2D eigenvalue weighted by atomic mass is 16.4. The van der Waals surface area contributed by atoms with Gasteiger partial charge < -0.3 is 15.5 Å². The van der Waals surface area contributed by atoms with E-state index in [4.69, 9.17) is 5.11 Å². The molecule has 0 heterocycles. The summed E-state index contributed by atoms with van der Waals surface area (Å²) in [7, 11) is 0. The zero-order valence-corrected chi connectivity index (χ0v) is 9.82. The van der Waals surface area contributed by atoms with Crippen LogP contribution in [0, 0.1) is 11.3 Å². The normalized spacial score (nSPS) is 30.6. The molecule has 0 aliphatic heterocycles. The van der Waals surface area contributed by atoms with Crippen LogP contribution in [0.3, 0.4) is 0 Å². The van der Waals surface area contributed by atoms with Crippen LogP contribution in [0.2, 0.25) is 0 Å². The van der Waals surface area contributed by atoms with Crippen molar-refractivity contribution in [1.29, 1.82) is 0 Å². The Morgan fingerprint density at radius 1 is 1.24 bits per heavy atom. The SMILES string of the molecule is O=C(O)C1(C(=O)NCC2CCCCC2O)CC1. The predicted molar refractivity (Wildman–Crippen MR) is 60.3 cm³/mol. The molecule has 2 fully saturated rings. The lowest BCUT2D eigenvalue weighted by Crippen LogP contribution is -2.42. The molecule has 0 spiro atoms. The second-order valence-electron chi connectivity index (χ2n) is 5.21. The zero-order chi connectivity index (χ0) is 12.5. The van der Waals surface area contributed by atoms with Gasteiger partial charge in [0.15, 0.2) is 0 Å². The van der Waals surface area contributed by atoms with Gasteiger partial charge in [0.25, 0.3) is 0 Å². The summed E-state index contributed by atoms with van der Waals surface area (Å²) >= 11 is 0. The maximum atomic E-state index is 11.7. The smallest absolute Gasteiger partial charge is 0.319 e. The number of aliphatic hydroxyl groups is 1. The van der Waals surface area contributed by atoms with Crippen LogP contribution < -0.4 is 5.32 Å². The Bertz CT molecular complexity index is 324. The highest BCUT2D eigenvalue weighted by Crippen LogP contribution is 2.46. The molecule has 0 radical (unpaired) electrons. The molecule has 96 valence electrons. The van der Waals surface area contributed by atoms with Crippen LogP contribution in [-0.2, 0) is 9.59 Å². The molecular weight excluding hydrogens is 222 g/mol. The lowest BCUT2D eigenvalue weighted by atomic mass is 9.86. The number of hydrogen-bond donors (Lipinski definition) is 3. The fraction of sp³-hybridized carbons (Fsp3) is 0.833. The number of carboxylic acids is 1. The second kappa shape index (κ2) is 4.64. The molecule has 5 nitrogen and oxygen atoms in total. The molecule has 2 aliphatic carbocycles. The molecule has 0 saturated heterocycles. The molecule has 3 N–H and O–H groups in total. The molecule has 2 unspecified atom stereocenters. The van der Waals surface area contributed by atoms with Crippen LogP contribution >= 0.6 is 0 Å². The van der Waals surface area contributed by atoms with Crippen molar-refractivity contribution < 1.29 is 19.8 Å². The summed E-state index contributed by atoms with van der Waals surface area (Å²) < 4.78 is 0. The zero-order valence-electron chi connectivity index (χ0n) is 9.82. The molecule has 2 aliphatic rings. The molecule has 0 aromatic rings. The average Bonchev–Trinajstić information content (AvgIpc) is 3.08. The van der Waals surface area contributed by atoms with Crippen molar-refractivity contribution >= 4 is 11.9 Å². The average molecular weight is 241 g/mol. The van der Waals surface area contributed by atoms with Crippen molar-refractivity contribution in [3.05, 3.63) is 0 Å². The fourth-order valence-electron chi connectivity index (χ4n) is 2.48. The van der Waals surface area contributed by atoms with E-state index in [0.29, 0.717) is 19.4 Å². The van der Waals surface area contributed by atoms with E-state index in [9.17, 15) is 14.7 Å². The molecule has 17 heavy (non-hydrogen) atoms. The summed E-state index contributed by atoms with van der Waals surface area (Å²) in [6, 6.07) is 0. The first-order valence-electron chi connectivity index (χ1n) is 6.26. The Morgan fingerprint density at radius 3 is 2.41 bits per heavy atom. The third-order valence-corrected chi connectivity index (χ3v) is 3.99. The van der Waals surface area contributed by atoms with Crippen LogP contribution in [0.1, 0.15) is 38.5 Å². The highest BCUT2D eigenvalue weighted by Gasteiger charge is 2.57. The number of nitrogens with one attached hydrogen (secondary N) is 1. The van der Waals surface area contributed by atoms with Crippen LogP contribution in [0.15, 0.2) is 0 Å². The van der Waals surface area contributed by atoms with E-state index in [1.165, 1.54) is 0 Å². The summed E-state index contributed by atoms with van der Waals surface area (Å²) in [6.45, 7) is 0.398. The van der Waals surface area contributed by atoms with Gasteiger partial charge in [-0.05, 0) is 25.7 Å². The van der Waals surface area contributed by atoms with Gasteiger partial charge in [-0.1, -0.05) is 12.8 Å². The fourth-order valence-corrected chi connectivity index (χ4v) is 2.48. The number of aliphatic carboxylic acids is 1. The number of hydrogen-bond acceptors (Lipinski definition) is 3. The molecule has 2 saturated carbocycles. The van der Waals surface area contributed by atoms with Gasteiger partial charge in [-0.25, -0.2) is 0 Å². The highest BCUT2D eigenvalue weighted by molar-refractivity contribution is 6.04. The summed E-state index contributed by atoms with van der Waals surface area (Å²) in [4.78, 5) is 22.7. The van der Waals surface area contributed by atoms with Gasteiger partial charge in [-0.3, -0.25) is 9.59 Å². The standard InChI is InChI=1S/C12H19NO4/c14-9-4-2-1-3-8(9)7-13-10(15)12(5-6-12)11(16)17/h8-9,14H,1-7H2,(H,13,15)(H,16,17). The third kappa shape index (κ3) is 2.44. The largest absolute Gasteiger partial charge is 0.480 e. The number of carbonyl (C=O) groups excluding carboxylic acids is 1. The number of rotatable bonds is 4. The van der Waals surface area contributed by atoms with E-state index in [-0.39, 0.29) is 17.9 Å². The van der Waals surface area contributed by atoms with Crippen LogP contribution in [0.5, 0.6) is 0 Å². The molecule has 2 rings (SSSR count). The molecule has 0 aromatic heterocycles. The Balaban J connectivity index is 1.82. The van der Waals surface area contributed by atoms with Crippen LogP contribution in [0.4, 0.5) is 0 Å². The lowest BCUT2D eigenvalue weighted by Gasteiger charge is -2.28. The lowest BCUT2D eigenvalue weighted by molar-refractivity contribution is -0.149. The van der Waals surface area contributed by atoms with Crippen molar-refractivity contribution in [3.8, 4) is 0 Å². The minimum Gasteiger partial charge on any atom is -0.480 e. The van der Waals surface area contributed by atoms with E-state index < -0.39 is 11.4 Å². The van der Waals surface area contributed by atoms with Gasteiger partial charge in [0.1, 0.15) is 5.41 Å². The van der Waals surface area contributed by atoms with E-state index in [1.54, 1.807) is 0 Å². The van der Waals surface area contributed by atoms with Gasteiger partial charge in [0.05, 0.1) is 6.10 Å². The Labute approximate surface area is 100 Å². The number of carbonyl (C=O) groups is 2. The first-order chi connectivity index (χ1) is 8.06. The number of amides is 1. The van der Waals surface area contributed by atoms with Gasteiger partial charge in [-0.2, -0.15) is 0 Å². The van der Waals surface area contributed by atoms with Crippen molar-refractivity contribution in [2.24, 2.45) is 11.3 Å². The quantitative estimate of drug-likeness (QED) is 0.626. The predicted octanol–water partition coefficient (Wildman–Crippen LogP) is 0.518. The maximum Gasteiger partial charge on any atom is 0.319 e. The molecular formula is C12H19NO4. The molecule has 5 heteroatoms. The molecule has 0 aromatic carbocycles. The summed E-state index contributed by atoms with van der Waals surface area (Å²) in [5.41, 5.74) is -1.17. The number of carboxylic acid groups (broad SMARTS) is 1. The first kappa shape index (κ1) is 12.4. The minimum atomic E-state index is -1.17. The molecule has 0 bridgehead atoms. The van der Waals surface area contributed by atoms with Crippen LogP contribution in [-0.4, -0.2) is 34.7 Å². The Kier molecular flexibility index (Phi) is 3.38. The third-order valence-electron chi connectivity index (χ3n) is 3.99.